The van der Waals surface area contributed by atoms with E-state index in [0.29, 0.717) is 18.7 Å². The van der Waals surface area contributed by atoms with Crippen molar-refractivity contribution in [3.8, 4) is 17.0 Å². The van der Waals surface area contributed by atoms with Crippen molar-refractivity contribution in [1.29, 1.82) is 0 Å². The molecule has 2 fully saturated rings. The molecule has 1 unspecified atom stereocenters. The summed E-state index contributed by atoms with van der Waals surface area (Å²) in [6, 6.07) is 6.59. The number of anilines is 1. The van der Waals surface area contributed by atoms with E-state index in [-0.39, 0.29) is 31.0 Å². The Labute approximate surface area is 187 Å². The Kier molecular flexibility index (Phi) is 4.63. The van der Waals surface area contributed by atoms with E-state index in [1.807, 2.05) is 24.3 Å². The minimum absolute atomic E-state index is 0.0410. The molecule has 0 bridgehead atoms. The molecular formula is C22H21F2N7O2. The maximum Gasteiger partial charge on any atom is 0.281 e. The number of methoxy groups -OCH3 is 1. The third kappa shape index (κ3) is 3.44. The Morgan fingerprint density at radius 1 is 1.15 bits per heavy atom. The quantitative estimate of drug-likeness (QED) is 0.493. The van der Waals surface area contributed by atoms with Crippen LogP contribution in [0.3, 0.4) is 0 Å². The van der Waals surface area contributed by atoms with Crippen LogP contribution in [0.4, 0.5) is 14.7 Å². The highest BCUT2D eigenvalue weighted by atomic mass is 19.3. The molecule has 1 N–H and O–H groups in total. The summed E-state index contributed by atoms with van der Waals surface area (Å²) in [5, 5.41) is 7.27. The SMILES string of the molecule is COc1nc(NC2CN(C3COC3)CC2(F)F)nn2ccc(-c3ccc4nccnc4c3)c12. The van der Waals surface area contributed by atoms with E-state index in [9.17, 15) is 8.78 Å². The lowest BCUT2D eigenvalue weighted by Crippen LogP contribution is -2.48. The molecule has 0 spiro atoms. The molecule has 2 saturated heterocycles. The summed E-state index contributed by atoms with van der Waals surface area (Å²) in [4.78, 5) is 14.8. The molecule has 33 heavy (non-hydrogen) atoms. The molecule has 1 aromatic carbocycles. The predicted octanol–water partition coefficient (Wildman–Crippen LogP) is 2.48. The number of likely N-dealkylation sites (tertiary alicyclic amines) is 1. The molecule has 0 aliphatic carbocycles. The topological polar surface area (TPSA) is 89.7 Å². The fraction of sp³-hybridized carbons (Fsp3) is 0.364. The first-order valence-electron chi connectivity index (χ1n) is 10.6. The van der Waals surface area contributed by atoms with Crippen molar-refractivity contribution in [2.75, 3.05) is 38.7 Å². The number of fused-ring (bicyclic) bond motifs is 2. The average Bonchev–Trinajstić information content (AvgIpc) is 3.32. The third-order valence-corrected chi connectivity index (χ3v) is 6.23. The van der Waals surface area contributed by atoms with Crippen molar-refractivity contribution in [3.05, 3.63) is 42.9 Å². The summed E-state index contributed by atoms with van der Waals surface area (Å²) < 4.78 is 41.6. The van der Waals surface area contributed by atoms with Gasteiger partial charge in [-0.25, -0.2) is 13.3 Å². The van der Waals surface area contributed by atoms with Crippen LogP contribution < -0.4 is 10.1 Å². The summed E-state index contributed by atoms with van der Waals surface area (Å²) >= 11 is 0. The number of rotatable bonds is 5. The van der Waals surface area contributed by atoms with Crippen LogP contribution in [0, 0.1) is 0 Å². The van der Waals surface area contributed by atoms with Crippen LogP contribution in [0.15, 0.2) is 42.9 Å². The van der Waals surface area contributed by atoms with E-state index in [1.54, 1.807) is 28.0 Å². The highest BCUT2D eigenvalue weighted by molar-refractivity contribution is 5.89. The van der Waals surface area contributed by atoms with Gasteiger partial charge in [0.15, 0.2) is 0 Å². The van der Waals surface area contributed by atoms with Gasteiger partial charge in [0.25, 0.3) is 5.92 Å². The third-order valence-electron chi connectivity index (χ3n) is 6.23. The minimum Gasteiger partial charge on any atom is -0.479 e. The molecule has 5 heterocycles. The first-order valence-corrected chi connectivity index (χ1v) is 10.6. The Bertz CT molecular complexity index is 1340. The number of ether oxygens (including phenoxy) is 2. The molecular weight excluding hydrogens is 432 g/mol. The molecule has 9 nitrogen and oxygen atoms in total. The molecule has 170 valence electrons. The Morgan fingerprint density at radius 2 is 1.97 bits per heavy atom. The zero-order valence-electron chi connectivity index (χ0n) is 17.8. The van der Waals surface area contributed by atoms with Crippen molar-refractivity contribution in [1.82, 2.24) is 29.5 Å². The molecule has 2 aliphatic heterocycles. The highest BCUT2D eigenvalue weighted by Crippen LogP contribution is 2.35. The number of hydrogen-bond donors (Lipinski definition) is 1. The lowest BCUT2D eigenvalue weighted by Gasteiger charge is -2.34. The highest BCUT2D eigenvalue weighted by Gasteiger charge is 2.51. The van der Waals surface area contributed by atoms with Crippen LogP contribution in [0.25, 0.3) is 27.7 Å². The number of nitrogens with zero attached hydrogens (tertiary/aromatic N) is 6. The van der Waals surface area contributed by atoms with Crippen molar-refractivity contribution >= 4 is 22.5 Å². The van der Waals surface area contributed by atoms with E-state index in [0.717, 1.165) is 22.2 Å². The second-order valence-electron chi connectivity index (χ2n) is 8.31. The predicted molar refractivity (Wildman–Crippen MR) is 117 cm³/mol. The molecule has 4 aromatic rings. The summed E-state index contributed by atoms with van der Waals surface area (Å²) in [5.41, 5.74) is 3.93. The Balaban J connectivity index is 1.34. The number of benzene rings is 1. The van der Waals surface area contributed by atoms with Gasteiger partial charge in [-0.3, -0.25) is 14.9 Å². The fourth-order valence-electron chi connectivity index (χ4n) is 4.39. The molecule has 11 heteroatoms. The molecule has 0 radical (unpaired) electrons. The largest absolute Gasteiger partial charge is 0.479 e. The number of alkyl halides is 2. The van der Waals surface area contributed by atoms with E-state index in [2.05, 4.69) is 25.4 Å². The van der Waals surface area contributed by atoms with Crippen molar-refractivity contribution < 1.29 is 18.3 Å². The Morgan fingerprint density at radius 3 is 2.73 bits per heavy atom. The smallest absolute Gasteiger partial charge is 0.281 e. The zero-order valence-corrected chi connectivity index (χ0v) is 17.8. The van der Waals surface area contributed by atoms with Crippen LogP contribution in [0.1, 0.15) is 0 Å². The van der Waals surface area contributed by atoms with Gasteiger partial charge in [-0.05, 0) is 23.8 Å². The Hall–Kier alpha value is -3.44. The first kappa shape index (κ1) is 20.2. The monoisotopic (exact) mass is 453 g/mol. The second-order valence-corrected chi connectivity index (χ2v) is 8.31. The average molecular weight is 453 g/mol. The van der Waals surface area contributed by atoms with Gasteiger partial charge in [0.2, 0.25) is 11.8 Å². The van der Waals surface area contributed by atoms with Gasteiger partial charge >= 0.3 is 0 Å². The van der Waals surface area contributed by atoms with Gasteiger partial charge in [-0.15, -0.1) is 5.10 Å². The van der Waals surface area contributed by atoms with Crippen molar-refractivity contribution in [3.63, 3.8) is 0 Å². The molecule has 2 aliphatic rings. The molecule has 6 rings (SSSR count). The van der Waals surface area contributed by atoms with Crippen LogP contribution in [0.2, 0.25) is 0 Å². The number of nitrogens with one attached hydrogen (secondary N) is 1. The molecule has 1 atom stereocenters. The lowest BCUT2D eigenvalue weighted by atomic mass is 10.1. The van der Waals surface area contributed by atoms with Gasteiger partial charge in [0.05, 0.1) is 43.9 Å². The first-order chi connectivity index (χ1) is 16.0. The van der Waals surface area contributed by atoms with Gasteiger partial charge < -0.3 is 14.8 Å². The van der Waals surface area contributed by atoms with Crippen LogP contribution in [0.5, 0.6) is 5.88 Å². The minimum atomic E-state index is -2.91. The maximum absolute atomic E-state index is 14.7. The van der Waals surface area contributed by atoms with Crippen LogP contribution in [-0.2, 0) is 4.74 Å². The summed E-state index contributed by atoms with van der Waals surface area (Å²) in [7, 11) is 1.50. The lowest BCUT2D eigenvalue weighted by molar-refractivity contribution is -0.0711. The van der Waals surface area contributed by atoms with E-state index >= 15 is 0 Å². The number of aromatic nitrogens is 5. The summed E-state index contributed by atoms with van der Waals surface area (Å²) in [6.45, 7) is 0.869. The van der Waals surface area contributed by atoms with Gasteiger partial charge in [0, 0.05) is 30.7 Å². The summed E-state index contributed by atoms with van der Waals surface area (Å²) in [5.74, 6) is -2.53. The van der Waals surface area contributed by atoms with Crippen LogP contribution in [-0.4, -0.2) is 80.9 Å². The molecule has 3 aromatic heterocycles. The van der Waals surface area contributed by atoms with Crippen LogP contribution >= 0.6 is 0 Å². The van der Waals surface area contributed by atoms with E-state index < -0.39 is 12.0 Å². The van der Waals surface area contributed by atoms with Gasteiger partial charge in [-0.1, -0.05) is 6.07 Å². The fourth-order valence-corrected chi connectivity index (χ4v) is 4.39. The van der Waals surface area contributed by atoms with Gasteiger partial charge in [0.1, 0.15) is 11.6 Å². The number of halogens is 2. The second kappa shape index (κ2) is 7.56. The standard InChI is InChI=1S/C22H21F2N7O2/c1-32-20-19-15(13-2-3-16-17(8-13)26-6-5-25-16)4-7-31(19)29-21(28-20)27-18-9-30(12-22(18,23)24)14-10-33-11-14/h2-8,14,18H,9-12H2,1H3,(H,27,29). The summed E-state index contributed by atoms with van der Waals surface area (Å²) in [6.07, 6.45) is 5.05. The maximum atomic E-state index is 14.7. The molecule has 0 saturated carbocycles. The van der Waals surface area contributed by atoms with E-state index in [1.165, 1.54) is 7.11 Å². The zero-order chi connectivity index (χ0) is 22.6. The molecule has 0 amide bonds. The van der Waals surface area contributed by atoms with Crippen molar-refractivity contribution in [2.24, 2.45) is 0 Å². The van der Waals surface area contributed by atoms with E-state index in [4.69, 9.17) is 9.47 Å². The number of hydrogen-bond acceptors (Lipinski definition) is 8. The normalized spacial score (nSPS) is 20.9. The van der Waals surface area contributed by atoms with Crippen molar-refractivity contribution in [2.45, 2.75) is 18.0 Å². The van der Waals surface area contributed by atoms with Gasteiger partial charge in [-0.2, -0.15) is 4.98 Å².